The molecule has 1 unspecified atom stereocenters. The van der Waals surface area contributed by atoms with Gasteiger partial charge in [0.15, 0.2) is 17.4 Å². The van der Waals surface area contributed by atoms with Crippen LogP contribution in [0.5, 0.6) is 0 Å². The summed E-state index contributed by atoms with van der Waals surface area (Å²) in [5.74, 6) is -1.47. The molecule has 176 valence electrons. The largest absolute Gasteiger partial charge is 0.393 e. The fraction of sp³-hybridized carbons (Fsp3) is 0.760. The Morgan fingerprint density at radius 3 is 2.69 bits per heavy atom. The number of ketones is 2. The van der Waals surface area contributed by atoms with Crippen molar-refractivity contribution in [3.05, 3.63) is 23.8 Å². The minimum atomic E-state index is -0.950. The summed E-state index contributed by atoms with van der Waals surface area (Å²) in [5, 5.41) is 21.2. The molecule has 1 heterocycles. The SMILES string of the molecule is CC1(C)O[C@@H]2C[C@@H]3[C@](C)(C[C@H](O)C4[C@@]5(C)C=CC(=O)C=C5CC[C@]43N)[C@]2(CC(=O)CO)O1. The minimum absolute atomic E-state index is 0.0157. The normalized spacial score (nSPS) is 50.8. The van der Waals surface area contributed by atoms with E-state index in [1.807, 2.05) is 19.9 Å². The van der Waals surface area contributed by atoms with Gasteiger partial charge in [0, 0.05) is 28.7 Å². The summed E-state index contributed by atoms with van der Waals surface area (Å²) < 4.78 is 12.9. The molecule has 0 amide bonds. The van der Waals surface area contributed by atoms with Crippen LogP contribution in [0.4, 0.5) is 0 Å². The molecule has 4 N–H and O–H groups in total. The molecule has 1 aliphatic heterocycles. The average Bonchev–Trinajstić information content (AvgIpc) is 3.07. The molecule has 0 aromatic heterocycles. The maximum Gasteiger partial charge on any atom is 0.178 e. The fourth-order valence-corrected chi connectivity index (χ4v) is 8.43. The molecule has 0 aromatic carbocycles. The van der Waals surface area contributed by atoms with E-state index < -0.39 is 40.5 Å². The number of carbonyl (C=O) groups excluding carboxylic acids is 2. The first-order valence-electron chi connectivity index (χ1n) is 11.7. The highest BCUT2D eigenvalue weighted by Crippen LogP contribution is 2.71. The first kappa shape index (κ1) is 22.4. The van der Waals surface area contributed by atoms with Crippen molar-refractivity contribution in [1.29, 1.82) is 0 Å². The van der Waals surface area contributed by atoms with Gasteiger partial charge in [-0.25, -0.2) is 0 Å². The molecule has 7 nitrogen and oxygen atoms in total. The van der Waals surface area contributed by atoms with E-state index in [-0.39, 0.29) is 35.9 Å². The number of carbonyl (C=O) groups is 2. The molecule has 32 heavy (non-hydrogen) atoms. The van der Waals surface area contributed by atoms with Gasteiger partial charge in [0.2, 0.25) is 0 Å². The number of ether oxygens (including phenoxy) is 2. The molecule has 8 atom stereocenters. The molecule has 0 aromatic rings. The first-order valence-corrected chi connectivity index (χ1v) is 11.7. The van der Waals surface area contributed by atoms with Gasteiger partial charge in [0.1, 0.15) is 12.2 Å². The number of Topliss-reactive ketones (excluding diaryl/α,β-unsaturated/α-hetero) is 1. The Hall–Kier alpha value is -1.38. The molecule has 3 saturated carbocycles. The third-order valence-corrected chi connectivity index (χ3v) is 9.52. The molecule has 0 bridgehead atoms. The summed E-state index contributed by atoms with van der Waals surface area (Å²) in [6.45, 7) is 7.30. The predicted octanol–water partition coefficient (Wildman–Crippen LogP) is 1.80. The minimum Gasteiger partial charge on any atom is -0.393 e. The van der Waals surface area contributed by atoms with Crippen LogP contribution in [0.3, 0.4) is 0 Å². The van der Waals surface area contributed by atoms with Crippen LogP contribution in [0.25, 0.3) is 0 Å². The zero-order valence-electron chi connectivity index (χ0n) is 19.4. The van der Waals surface area contributed by atoms with Gasteiger partial charge in [-0.2, -0.15) is 0 Å². The second-order valence-corrected chi connectivity index (χ2v) is 11.6. The van der Waals surface area contributed by atoms with E-state index in [2.05, 4.69) is 13.8 Å². The average molecular weight is 446 g/mol. The van der Waals surface area contributed by atoms with Crippen molar-refractivity contribution in [2.75, 3.05) is 6.61 Å². The van der Waals surface area contributed by atoms with Crippen LogP contribution in [0.2, 0.25) is 0 Å². The second-order valence-electron chi connectivity index (χ2n) is 11.6. The number of aliphatic hydroxyl groups is 2. The van der Waals surface area contributed by atoms with E-state index in [4.69, 9.17) is 15.2 Å². The Balaban J connectivity index is 1.61. The highest BCUT2D eigenvalue weighted by atomic mass is 16.8. The van der Waals surface area contributed by atoms with Crippen LogP contribution >= 0.6 is 0 Å². The van der Waals surface area contributed by atoms with E-state index in [9.17, 15) is 19.8 Å². The summed E-state index contributed by atoms with van der Waals surface area (Å²) in [4.78, 5) is 24.6. The smallest absolute Gasteiger partial charge is 0.178 e. The van der Waals surface area contributed by atoms with Crippen molar-refractivity contribution in [2.24, 2.45) is 28.4 Å². The van der Waals surface area contributed by atoms with E-state index >= 15 is 0 Å². The Kier molecular flexibility index (Phi) is 4.62. The Morgan fingerprint density at radius 1 is 1.28 bits per heavy atom. The van der Waals surface area contributed by atoms with Crippen molar-refractivity contribution in [1.82, 2.24) is 0 Å². The summed E-state index contributed by atoms with van der Waals surface area (Å²) >= 11 is 0. The van der Waals surface area contributed by atoms with Crippen LogP contribution in [-0.4, -0.2) is 57.5 Å². The number of rotatable bonds is 3. The Labute approximate surface area is 189 Å². The third kappa shape index (κ3) is 2.66. The molecule has 5 aliphatic rings. The zero-order valence-corrected chi connectivity index (χ0v) is 19.4. The topological polar surface area (TPSA) is 119 Å². The molecule has 0 spiro atoms. The quantitative estimate of drug-likeness (QED) is 0.606. The molecule has 5 rings (SSSR count). The lowest BCUT2D eigenvalue weighted by Crippen LogP contribution is -2.72. The number of fused-ring (bicyclic) bond motifs is 7. The molecule has 7 heteroatoms. The van der Waals surface area contributed by atoms with E-state index in [0.717, 1.165) is 5.57 Å². The number of nitrogens with two attached hydrogens (primary N) is 1. The molecular formula is C25H35NO6. The molecule has 4 fully saturated rings. The molecule has 0 radical (unpaired) electrons. The maximum absolute atomic E-state index is 12.5. The van der Waals surface area contributed by atoms with Gasteiger partial charge < -0.3 is 25.4 Å². The van der Waals surface area contributed by atoms with Crippen molar-refractivity contribution in [3.8, 4) is 0 Å². The Morgan fingerprint density at radius 2 is 2.00 bits per heavy atom. The highest BCUT2D eigenvalue weighted by molar-refractivity contribution is 6.01. The van der Waals surface area contributed by atoms with Gasteiger partial charge in [-0.05, 0) is 57.6 Å². The predicted molar refractivity (Wildman–Crippen MR) is 116 cm³/mol. The van der Waals surface area contributed by atoms with Crippen LogP contribution in [0, 0.1) is 22.7 Å². The van der Waals surface area contributed by atoms with Crippen molar-refractivity contribution in [2.45, 2.75) is 88.9 Å². The van der Waals surface area contributed by atoms with Gasteiger partial charge in [0.05, 0.1) is 12.2 Å². The first-order chi connectivity index (χ1) is 14.8. The summed E-state index contributed by atoms with van der Waals surface area (Å²) in [7, 11) is 0. The zero-order chi connectivity index (χ0) is 23.3. The maximum atomic E-state index is 12.5. The monoisotopic (exact) mass is 445 g/mol. The van der Waals surface area contributed by atoms with Crippen LogP contribution in [0.1, 0.15) is 59.8 Å². The van der Waals surface area contributed by atoms with Gasteiger partial charge >= 0.3 is 0 Å². The molecule has 1 saturated heterocycles. The lowest BCUT2D eigenvalue weighted by molar-refractivity contribution is -0.231. The van der Waals surface area contributed by atoms with Gasteiger partial charge in [-0.3, -0.25) is 9.59 Å². The third-order valence-electron chi connectivity index (χ3n) is 9.52. The van der Waals surface area contributed by atoms with Gasteiger partial charge in [-0.15, -0.1) is 0 Å². The summed E-state index contributed by atoms with van der Waals surface area (Å²) in [5.41, 5.74) is 5.58. The fourth-order valence-electron chi connectivity index (χ4n) is 8.43. The number of hydrogen-bond acceptors (Lipinski definition) is 7. The summed E-state index contributed by atoms with van der Waals surface area (Å²) in [6.07, 6.45) is 6.58. The lowest BCUT2D eigenvalue weighted by Gasteiger charge is -2.64. The highest BCUT2D eigenvalue weighted by Gasteiger charge is 2.77. The van der Waals surface area contributed by atoms with E-state index in [0.29, 0.717) is 25.7 Å². The summed E-state index contributed by atoms with van der Waals surface area (Å²) in [6, 6.07) is 0. The number of allylic oxidation sites excluding steroid dienone is 4. The number of hydrogen-bond donors (Lipinski definition) is 3. The molecule has 4 aliphatic carbocycles. The van der Waals surface area contributed by atoms with Crippen LogP contribution in [-0.2, 0) is 19.1 Å². The lowest BCUT2D eigenvalue weighted by atomic mass is 9.43. The standard InChI is InChI=1S/C25H35NO6/c1-21(2)31-19-10-18-23(4,25(19,32-21)11-16(29)13-27)12-17(30)20-22(3)7-6-15(28)9-14(22)5-8-24(18,20)26/h6-7,9,17-20,27,30H,5,8,10-13,26H2,1-4H3/t17-,18+,19+,20?,22-,23-,24+,25+/m0/s1. The van der Waals surface area contributed by atoms with E-state index in [1.54, 1.807) is 12.2 Å². The van der Waals surface area contributed by atoms with Gasteiger partial charge in [-0.1, -0.05) is 25.5 Å². The van der Waals surface area contributed by atoms with Crippen molar-refractivity contribution in [3.63, 3.8) is 0 Å². The van der Waals surface area contributed by atoms with E-state index in [1.165, 1.54) is 0 Å². The second kappa shape index (κ2) is 6.60. The Bertz CT molecular complexity index is 941. The molecular weight excluding hydrogens is 410 g/mol. The van der Waals surface area contributed by atoms with Crippen molar-refractivity contribution < 1.29 is 29.3 Å². The van der Waals surface area contributed by atoms with Crippen LogP contribution in [0.15, 0.2) is 23.8 Å². The van der Waals surface area contributed by atoms with Gasteiger partial charge in [0.25, 0.3) is 0 Å². The van der Waals surface area contributed by atoms with Crippen molar-refractivity contribution >= 4 is 11.6 Å². The van der Waals surface area contributed by atoms with Crippen LogP contribution < -0.4 is 5.73 Å². The number of aliphatic hydroxyl groups excluding tert-OH is 2.